The normalized spacial score (nSPS) is 10.8. The molecule has 4 heteroatoms. The number of rotatable bonds is 12. The van der Waals surface area contributed by atoms with Crippen molar-refractivity contribution >= 4 is 44.5 Å². The fourth-order valence-electron chi connectivity index (χ4n) is 4.98. The van der Waals surface area contributed by atoms with Gasteiger partial charge in [-0.2, -0.15) is 0 Å². The molecule has 0 spiro atoms. The maximum Gasteiger partial charge on any atom is 0.383 e. The highest BCUT2D eigenvalue weighted by atomic mass is 27.2. The first kappa shape index (κ1) is 26.2. The van der Waals surface area contributed by atoms with Gasteiger partial charge in [-0.25, -0.2) is 0 Å². The van der Waals surface area contributed by atoms with Crippen LogP contribution in [-0.4, -0.2) is 53.4 Å². The van der Waals surface area contributed by atoms with Crippen molar-refractivity contribution in [2.75, 3.05) is 54.0 Å². The average Bonchev–Trinajstić information content (AvgIpc) is 2.89. The fourth-order valence-corrected chi connectivity index (χ4v) is 7.86. The SMILES string of the molecule is CCN(CC)c1cc[c]([Al]([c]2ccc(N(CC)CC)cc2)[c]2ccc(N(CC)CC)cc2)cc1. The first-order chi connectivity index (χ1) is 16.6. The van der Waals surface area contributed by atoms with E-state index < -0.39 is 14.1 Å². The van der Waals surface area contributed by atoms with Gasteiger partial charge in [-0.3, -0.25) is 0 Å². The smallest absolute Gasteiger partial charge is 0.372 e. The Balaban J connectivity index is 2.01. The van der Waals surface area contributed by atoms with E-state index in [2.05, 4.69) is 129 Å². The molecule has 0 heterocycles. The molecular weight excluding hydrogens is 429 g/mol. The maximum absolute atomic E-state index is 2.41. The lowest BCUT2D eigenvalue weighted by molar-refractivity contribution is 0.866. The van der Waals surface area contributed by atoms with Gasteiger partial charge in [0.1, 0.15) is 0 Å². The zero-order valence-corrected chi connectivity index (χ0v) is 23.2. The van der Waals surface area contributed by atoms with Crippen molar-refractivity contribution in [3.63, 3.8) is 0 Å². The molecule has 0 aliphatic carbocycles. The molecule has 3 rings (SSSR count). The van der Waals surface area contributed by atoms with E-state index in [0.29, 0.717) is 0 Å². The lowest BCUT2D eigenvalue weighted by atomic mass is 10.2. The van der Waals surface area contributed by atoms with E-state index in [1.54, 1.807) is 0 Å². The van der Waals surface area contributed by atoms with Crippen LogP contribution in [0.15, 0.2) is 72.8 Å². The van der Waals surface area contributed by atoms with Gasteiger partial charge in [0.25, 0.3) is 0 Å². The molecule has 0 amide bonds. The Kier molecular flexibility index (Phi) is 9.93. The summed E-state index contributed by atoms with van der Waals surface area (Å²) in [6.07, 6.45) is 0. The van der Waals surface area contributed by atoms with Crippen molar-refractivity contribution < 1.29 is 0 Å². The van der Waals surface area contributed by atoms with Crippen LogP contribution in [0.4, 0.5) is 17.1 Å². The molecule has 0 radical (unpaired) electrons. The zero-order valence-electron chi connectivity index (χ0n) is 22.1. The van der Waals surface area contributed by atoms with Crippen LogP contribution in [0.1, 0.15) is 41.5 Å². The summed E-state index contributed by atoms with van der Waals surface area (Å²) in [7, 11) is 0. The number of anilines is 3. The minimum Gasteiger partial charge on any atom is -0.372 e. The van der Waals surface area contributed by atoms with Crippen LogP contribution in [0.3, 0.4) is 0 Å². The van der Waals surface area contributed by atoms with Crippen molar-refractivity contribution in [2.45, 2.75) is 41.5 Å². The summed E-state index contributed by atoms with van der Waals surface area (Å²) in [6, 6.07) is 28.2. The standard InChI is InChI=1S/3C10H14N.Al/c3*1-3-11(4-2)10-8-6-5-7-9-10;/h3*6-9H,3-4H2,1-2H3;. The van der Waals surface area contributed by atoms with E-state index in [0.717, 1.165) is 39.3 Å². The number of benzene rings is 3. The molecule has 3 nitrogen and oxygen atoms in total. The van der Waals surface area contributed by atoms with Crippen molar-refractivity contribution in [1.29, 1.82) is 0 Å². The molecule has 3 aromatic rings. The van der Waals surface area contributed by atoms with Crippen LogP contribution in [-0.2, 0) is 0 Å². The third-order valence-electron chi connectivity index (χ3n) is 7.07. The second kappa shape index (κ2) is 12.9. The first-order valence-electron chi connectivity index (χ1n) is 13.1. The van der Waals surface area contributed by atoms with Gasteiger partial charge >= 0.3 is 14.1 Å². The number of hydrogen-bond donors (Lipinski definition) is 0. The van der Waals surface area contributed by atoms with Crippen LogP contribution in [0.2, 0.25) is 0 Å². The maximum atomic E-state index is 2.41. The highest BCUT2D eigenvalue weighted by Gasteiger charge is 2.25. The van der Waals surface area contributed by atoms with Gasteiger partial charge in [-0.1, -0.05) is 49.7 Å². The summed E-state index contributed by atoms with van der Waals surface area (Å²) < 4.78 is 4.42. The lowest BCUT2D eigenvalue weighted by Crippen LogP contribution is -2.52. The van der Waals surface area contributed by atoms with Crippen molar-refractivity contribution in [1.82, 2.24) is 0 Å². The van der Waals surface area contributed by atoms with Crippen LogP contribution >= 0.6 is 0 Å². The van der Waals surface area contributed by atoms with E-state index in [9.17, 15) is 0 Å². The summed E-state index contributed by atoms with van der Waals surface area (Å²) in [5.41, 5.74) is 3.95. The van der Waals surface area contributed by atoms with Crippen molar-refractivity contribution in [3.05, 3.63) is 72.8 Å². The zero-order chi connectivity index (χ0) is 24.5. The van der Waals surface area contributed by atoms with Gasteiger partial charge in [0.2, 0.25) is 0 Å². The average molecular weight is 472 g/mol. The molecule has 0 saturated heterocycles. The third kappa shape index (κ3) is 5.98. The predicted molar refractivity (Wildman–Crippen MR) is 155 cm³/mol. The lowest BCUT2D eigenvalue weighted by Gasteiger charge is -2.24. The van der Waals surface area contributed by atoms with Crippen LogP contribution in [0.25, 0.3) is 0 Å². The summed E-state index contributed by atoms with van der Waals surface area (Å²) in [5.74, 6) is 0. The Hall–Kier alpha value is -2.41. The van der Waals surface area contributed by atoms with Gasteiger partial charge < -0.3 is 14.7 Å². The number of nitrogens with zero attached hydrogens (tertiary/aromatic N) is 3. The van der Waals surface area contributed by atoms with E-state index in [-0.39, 0.29) is 0 Å². The van der Waals surface area contributed by atoms with Crippen LogP contribution in [0, 0.1) is 0 Å². The molecule has 0 aliphatic rings. The van der Waals surface area contributed by atoms with E-state index >= 15 is 0 Å². The molecule has 0 aromatic heterocycles. The highest BCUT2D eigenvalue weighted by molar-refractivity contribution is 6.95. The van der Waals surface area contributed by atoms with Gasteiger partial charge in [-0.05, 0) is 77.9 Å². The third-order valence-corrected chi connectivity index (χ3v) is 10.2. The molecule has 0 bridgehead atoms. The summed E-state index contributed by atoms with van der Waals surface area (Å²) in [5, 5.41) is 0. The Morgan fingerprint density at radius 3 is 0.765 bits per heavy atom. The van der Waals surface area contributed by atoms with Crippen LogP contribution < -0.4 is 28.0 Å². The number of hydrogen-bond acceptors (Lipinski definition) is 3. The molecule has 0 unspecified atom stereocenters. The minimum atomic E-state index is -1.57. The van der Waals surface area contributed by atoms with Gasteiger partial charge in [0, 0.05) is 56.3 Å². The molecule has 0 N–H and O–H groups in total. The molecule has 0 saturated carbocycles. The fraction of sp³-hybridized carbons (Fsp3) is 0.400. The quantitative estimate of drug-likeness (QED) is 0.353. The molecule has 3 aromatic carbocycles. The van der Waals surface area contributed by atoms with Crippen LogP contribution in [0.5, 0.6) is 0 Å². The first-order valence-corrected chi connectivity index (χ1v) is 14.9. The molecule has 0 fully saturated rings. The van der Waals surface area contributed by atoms with Gasteiger partial charge in [0.15, 0.2) is 0 Å². The Morgan fingerprint density at radius 1 is 0.382 bits per heavy atom. The molecule has 34 heavy (non-hydrogen) atoms. The van der Waals surface area contributed by atoms with E-state index in [4.69, 9.17) is 0 Å². The van der Waals surface area contributed by atoms with Gasteiger partial charge in [-0.15, -0.1) is 0 Å². The minimum absolute atomic E-state index is 1.04. The van der Waals surface area contributed by atoms with Crippen molar-refractivity contribution in [3.8, 4) is 0 Å². The van der Waals surface area contributed by atoms with Gasteiger partial charge in [0.05, 0.1) is 0 Å². The Labute approximate surface area is 212 Å². The molecule has 180 valence electrons. The largest absolute Gasteiger partial charge is 0.383 e. The Bertz CT molecular complexity index is 839. The summed E-state index contributed by atoms with van der Waals surface area (Å²) in [6.45, 7) is 19.6. The monoisotopic (exact) mass is 471 g/mol. The van der Waals surface area contributed by atoms with E-state index in [1.165, 1.54) is 30.3 Å². The molecule has 0 atom stereocenters. The summed E-state index contributed by atoms with van der Waals surface area (Å²) in [4.78, 5) is 7.24. The molecule has 0 aliphatic heterocycles. The van der Waals surface area contributed by atoms with Crippen molar-refractivity contribution in [2.24, 2.45) is 0 Å². The highest BCUT2D eigenvalue weighted by Crippen LogP contribution is 2.15. The predicted octanol–water partition coefficient (Wildman–Crippen LogP) is 4.74. The molecular formula is C30H42AlN3. The van der Waals surface area contributed by atoms with E-state index in [1.807, 2.05) is 0 Å². The second-order valence-corrected chi connectivity index (χ2v) is 11.6. The summed E-state index contributed by atoms with van der Waals surface area (Å²) >= 11 is -1.57. The second-order valence-electron chi connectivity index (χ2n) is 8.72. The topological polar surface area (TPSA) is 9.72 Å². The Morgan fingerprint density at radius 2 is 0.588 bits per heavy atom.